The normalized spacial score (nSPS) is 10.0. The lowest BCUT2D eigenvalue weighted by Gasteiger charge is -2.18. The predicted octanol–water partition coefficient (Wildman–Crippen LogP) is 1.17. The van der Waals surface area contributed by atoms with E-state index in [-0.39, 0.29) is 5.91 Å². The Morgan fingerprint density at radius 3 is 2.92 bits per heavy atom. The van der Waals surface area contributed by atoms with Gasteiger partial charge in [0.25, 0.3) is 5.91 Å². The number of likely N-dealkylation sites (N-methyl/N-ethyl adjacent to an activating group) is 1. The van der Waals surface area contributed by atoms with Crippen molar-refractivity contribution in [2.24, 2.45) is 5.73 Å². The molecule has 0 unspecified atom stereocenters. The molecule has 1 amide bonds. The van der Waals surface area contributed by atoms with E-state index in [1.165, 1.54) is 11.3 Å². The molecule has 72 valence electrons. The maximum Gasteiger partial charge on any atom is 0.263 e. The lowest BCUT2D eigenvalue weighted by Crippen LogP contribution is -2.34. The van der Waals surface area contributed by atoms with Crippen LogP contribution in [0.5, 0.6) is 0 Å². The maximum absolute atomic E-state index is 11.7. The fourth-order valence-corrected chi connectivity index (χ4v) is 1.81. The molecule has 13 heavy (non-hydrogen) atoms. The summed E-state index contributed by atoms with van der Waals surface area (Å²) in [6.07, 6.45) is 0. The monoisotopic (exact) mass is 198 g/mol. The minimum atomic E-state index is 0.0861. The van der Waals surface area contributed by atoms with Crippen molar-refractivity contribution < 1.29 is 4.79 Å². The number of nitrogens with two attached hydrogens (primary N) is 1. The summed E-state index contributed by atoms with van der Waals surface area (Å²) in [5.74, 6) is 0.0861. The van der Waals surface area contributed by atoms with Gasteiger partial charge in [-0.2, -0.15) is 0 Å². The molecule has 2 N–H and O–H groups in total. The standard InChI is InChI=1S/C9H14N2OS/c1-2-11(6-5-10)9(12)8-4-3-7-13-8/h3-4,7H,2,5-6,10H2,1H3. The van der Waals surface area contributed by atoms with E-state index >= 15 is 0 Å². The SMILES string of the molecule is CCN(CCN)C(=O)c1cccs1. The topological polar surface area (TPSA) is 46.3 Å². The molecule has 0 bridgehead atoms. The van der Waals surface area contributed by atoms with Gasteiger partial charge in [-0.1, -0.05) is 6.07 Å². The molecule has 1 aromatic heterocycles. The number of amides is 1. The number of hydrogen-bond acceptors (Lipinski definition) is 3. The molecule has 1 rings (SSSR count). The third kappa shape index (κ3) is 2.54. The van der Waals surface area contributed by atoms with E-state index in [4.69, 9.17) is 5.73 Å². The summed E-state index contributed by atoms with van der Waals surface area (Å²) in [6.45, 7) is 3.83. The fraction of sp³-hybridized carbons (Fsp3) is 0.444. The highest BCUT2D eigenvalue weighted by Gasteiger charge is 2.13. The maximum atomic E-state index is 11.7. The molecular weight excluding hydrogens is 184 g/mol. The van der Waals surface area contributed by atoms with Crippen LogP contribution in [-0.4, -0.2) is 30.4 Å². The second kappa shape index (κ2) is 4.99. The number of carbonyl (C=O) groups is 1. The van der Waals surface area contributed by atoms with Crippen LogP contribution in [-0.2, 0) is 0 Å². The third-order valence-corrected chi connectivity index (χ3v) is 2.66. The van der Waals surface area contributed by atoms with Crippen LogP contribution in [0, 0.1) is 0 Å². The molecule has 0 radical (unpaired) electrons. The Balaban J connectivity index is 2.65. The molecule has 0 atom stereocenters. The van der Waals surface area contributed by atoms with E-state index < -0.39 is 0 Å². The van der Waals surface area contributed by atoms with E-state index in [0.717, 1.165) is 4.88 Å². The first-order valence-corrected chi connectivity index (χ1v) is 5.20. The molecule has 1 heterocycles. The van der Waals surface area contributed by atoms with Crippen LogP contribution in [0.2, 0.25) is 0 Å². The van der Waals surface area contributed by atoms with Gasteiger partial charge in [0.2, 0.25) is 0 Å². The van der Waals surface area contributed by atoms with Crippen LogP contribution in [0.25, 0.3) is 0 Å². The van der Waals surface area contributed by atoms with Crippen LogP contribution >= 0.6 is 11.3 Å². The van der Waals surface area contributed by atoms with Crippen molar-refractivity contribution in [1.29, 1.82) is 0 Å². The summed E-state index contributed by atoms with van der Waals surface area (Å²) in [5.41, 5.74) is 5.41. The summed E-state index contributed by atoms with van der Waals surface area (Å²) >= 11 is 1.47. The summed E-state index contributed by atoms with van der Waals surface area (Å²) < 4.78 is 0. The number of carbonyl (C=O) groups excluding carboxylic acids is 1. The van der Waals surface area contributed by atoms with Crippen molar-refractivity contribution in [3.05, 3.63) is 22.4 Å². The Labute approximate surface area is 82.2 Å². The van der Waals surface area contributed by atoms with Crippen LogP contribution in [0.1, 0.15) is 16.6 Å². The van der Waals surface area contributed by atoms with Crippen LogP contribution in [0.4, 0.5) is 0 Å². The molecule has 0 aromatic carbocycles. The fourth-order valence-electron chi connectivity index (χ4n) is 1.12. The van der Waals surface area contributed by atoms with Gasteiger partial charge in [-0.05, 0) is 18.4 Å². The summed E-state index contributed by atoms with van der Waals surface area (Å²) in [5, 5.41) is 1.91. The van der Waals surface area contributed by atoms with Gasteiger partial charge in [0, 0.05) is 19.6 Å². The third-order valence-electron chi connectivity index (χ3n) is 1.80. The van der Waals surface area contributed by atoms with Crippen molar-refractivity contribution in [3.8, 4) is 0 Å². The highest BCUT2D eigenvalue weighted by Crippen LogP contribution is 2.11. The van der Waals surface area contributed by atoms with E-state index in [1.807, 2.05) is 24.4 Å². The van der Waals surface area contributed by atoms with Gasteiger partial charge in [0.15, 0.2) is 0 Å². The van der Waals surface area contributed by atoms with E-state index in [0.29, 0.717) is 19.6 Å². The Hall–Kier alpha value is -0.870. The summed E-state index contributed by atoms with van der Waals surface area (Å²) in [7, 11) is 0. The zero-order valence-corrected chi connectivity index (χ0v) is 8.51. The second-order valence-corrected chi connectivity index (χ2v) is 3.60. The highest BCUT2D eigenvalue weighted by atomic mass is 32.1. The van der Waals surface area contributed by atoms with E-state index in [1.54, 1.807) is 4.90 Å². The van der Waals surface area contributed by atoms with Crippen molar-refractivity contribution >= 4 is 17.2 Å². The molecule has 0 aliphatic heterocycles. The minimum Gasteiger partial charge on any atom is -0.337 e. The molecule has 4 heteroatoms. The average molecular weight is 198 g/mol. The molecule has 0 aliphatic rings. The van der Waals surface area contributed by atoms with E-state index in [2.05, 4.69) is 0 Å². The lowest BCUT2D eigenvalue weighted by atomic mass is 10.4. The van der Waals surface area contributed by atoms with Gasteiger partial charge in [0.05, 0.1) is 4.88 Å². The number of rotatable bonds is 4. The summed E-state index contributed by atoms with van der Waals surface area (Å²) in [4.78, 5) is 14.3. The Morgan fingerprint density at radius 2 is 2.46 bits per heavy atom. The largest absolute Gasteiger partial charge is 0.337 e. The zero-order chi connectivity index (χ0) is 9.68. The second-order valence-electron chi connectivity index (χ2n) is 2.65. The van der Waals surface area contributed by atoms with Crippen LogP contribution in [0.3, 0.4) is 0 Å². The smallest absolute Gasteiger partial charge is 0.263 e. The van der Waals surface area contributed by atoms with Gasteiger partial charge < -0.3 is 10.6 Å². The first-order chi connectivity index (χ1) is 6.29. The predicted molar refractivity (Wildman–Crippen MR) is 55.0 cm³/mol. The molecular formula is C9H14N2OS. The summed E-state index contributed by atoms with van der Waals surface area (Å²) in [6, 6.07) is 3.72. The van der Waals surface area contributed by atoms with Crippen molar-refractivity contribution in [2.75, 3.05) is 19.6 Å². The van der Waals surface area contributed by atoms with Gasteiger partial charge in [-0.3, -0.25) is 4.79 Å². The molecule has 0 fully saturated rings. The molecule has 0 saturated heterocycles. The number of nitrogens with zero attached hydrogens (tertiary/aromatic N) is 1. The van der Waals surface area contributed by atoms with Crippen molar-refractivity contribution in [3.63, 3.8) is 0 Å². The average Bonchev–Trinajstić information content (AvgIpc) is 2.65. The van der Waals surface area contributed by atoms with Gasteiger partial charge in [-0.15, -0.1) is 11.3 Å². The zero-order valence-electron chi connectivity index (χ0n) is 7.69. The van der Waals surface area contributed by atoms with E-state index in [9.17, 15) is 4.79 Å². The molecule has 0 aliphatic carbocycles. The van der Waals surface area contributed by atoms with Gasteiger partial charge in [-0.25, -0.2) is 0 Å². The quantitative estimate of drug-likeness (QED) is 0.789. The Kier molecular flexibility index (Phi) is 3.92. The van der Waals surface area contributed by atoms with Gasteiger partial charge in [0.1, 0.15) is 0 Å². The van der Waals surface area contributed by atoms with Gasteiger partial charge >= 0.3 is 0 Å². The van der Waals surface area contributed by atoms with Crippen molar-refractivity contribution in [2.45, 2.75) is 6.92 Å². The van der Waals surface area contributed by atoms with Crippen molar-refractivity contribution in [1.82, 2.24) is 4.90 Å². The molecule has 0 saturated carbocycles. The first kappa shape index (κ1) is 10.2. The molecule has 3 nitrogen and oxygen atoms in total. The van der Waals surface area contributed by atoms with Crippen LogP contribution in [0.15, 0.2) is 17.5 Å². The molecule has 0 spiro atoms. The minimum absolute atomic E-state index is 0.0861. The Bertz CT molecular complexity index is 259. The van der Waals surface area contributed by atoms with Crippen LogP contribution < -0.4 is 5.73 Å². The molecule has 1 aromatic rings. The number of thiophene rings is 1. The first-order valence-electron chi connectivity index (χ1n) is 4.32. The Morgan fingerprint density at radius 1 is 1.69 bits per heavy atom. The number of hydrogen-bond donors (Lipinski definition) is 1. The lowest BCUT2D eigenvalue weighted by molar-refractivity contribution is 0.0774. The highest BCUT2D eigenvalue weighted by molar-refractivity contribution is 7.12.